The highest BCUT2D eigenvalue weighted by molar-refractivity contribution is 7.98. The largest absolute Gasteiger partial charge is 0.324 e. The van der Waals surface area contributed by atoms with Crippen LogP contribution < -0.4 is 5.32 Å². The van der Waals surface area contributed by atoms with E-state index in [1.165, 1.54) is 23.9 Å². The molecule has 0 radical (unpaired) electrons. The summed E-state index contributed by atoms with van der Waals surface area (Å²) in [6.07, 6.45) is 2.30. The smallest absolute Gasteiger partial charge is 0.247 e. The Labute approximate surface area is 184 Å². The molecule has 4 aromatic rings. The van der Waals surface area contributed by atoms with Gasteiger partial charge in [0, 0.05) is 17.6 Å². The van der Waals surface area contributed by atoms with E-state index in [4.69, 9.17) is 4.98 Å². The van der Waals surface area contributed by atoms with Gasteiger partial charge in [-0.05, 0) is 55.3 Å². The molecule has 0 saturated heterocycles. The third kappa shape index (κ3) is 4.77. The zero-order chi connectivity index (χ0) is 21.8. The van der Waals surface area contributed by atoms with Crippen LogP contribution in [0.25, 0.3) is 11.2 Å². The van der Waals surface area contributed by atoms with Gasteiger partial charge >= 0.3 is 0 Å². The highest BCUT2D eigenvalue weighted by Gasteiger charge is 2.25. The van der Waals surface area contributed by atoms with Gasteiger partial charge in [0.05, 0.1) is 0 Å². The van der Waals surface area contributed by atoms with Crippen molar-refractivity contribution in [3.63, 3.8) is 0 Å². The first kappa shape index (κ1) is 21.1. The number of carbonyl (C=O) groups excluding carboxylic acids is 1. The topological polar surface area (TPSA) is 59.8 Å². The van der Waals surface area contributed by atoms with E-state index in [9.17, 15) is 9.18 Å². The van der Waals surface area contributed by atoms with Gasteiger partial charge in [0.15, 0.2) is 10.8 Å². The molecule has 2 aromatic carbocycles. The van der Waals surface area contributed by atoms with Gasteiger partial charge < -0.3 is 5.32 Å². The minimum absolute atomic E-state index is 0.111. The number of hydrogen-bond acceptors (Lipinski definition) is 4. The lowest BCUT2D eigenvalue weighted by molar-refractivity contribution is -0.119. The number of thioether (sulfide) groups is 1. The normalized spacial score (nSPS) is 12.1. The number of hydrogen-bond donors (Lipinski definition) is 1. The molecule has 2 aromatic heterocycles. The number of aryl methyl sites for hydroxylation is 1. The number of amides is 1. The quantitative estimate of drug-likeness (QED) is 0.376. The molecule has 5 nitrogen and oxygen atoms in total. The molecule has 0 bridgehead atoms. The molecule has 0 aliphatic heterocycles. The van der Waals surface area contributed by atoms with Crippen LogP contribution in [0.2, 0.25) is 0 Å². The van der Waals surface area contributed by atoms with E-state index in [1.807, 2.05) is 54.8 Å². The Morgan fingerprint density at radius 3 is 2.58 bits per heavy atom. The number of benzene rings is 2. The van der Waals surface area contributed by atoms with E-state index >= 15 is 0 Å². The first-order valence-corrected chi connectivity index (χ1v) is 11.1. The summed E-state index contributed by atoms with van der Waals surface area (Å²) in [5, 5.41) is 3.73. The molecule has 0 unspecified atom stereocenters. The Morgan fingerprint density at radius 2 is 1.87 bits per heavy atom. The summed E-state index contributed by atoms with van der Waals surface area (Å²) in [5.41, 5.74) is 4.29. The van der Waals surface area contributed by atoms with Gasteiger partial charge in [-0.2, -0.15) is 0 Å². The number of aromatic nitrogens is 3. The van der Waals surface area contributed by atoms with E-state index in [2.05, 4.69) is 10.3 Å². The number of nitrogens with zero attached hydrogens (tertiary/aromatic N) is 3. The molecule has 31 heavy (non-hydrogen) atoms. The molecular formula is C24H23FN4OS. The SMILES string of the molecule is CC[C@@H](C(=O)Nc1ccc(C)cc1)n1c(SCc2ccc(F)cc2)nc2cccnc21. The summed E-state index contributed by atoms with van der Waals surface area (Å²) in [6, 6.07) is 17.4. The molecule has 158 valence electrons. The van der Waals surface area contributed by atoms with Crippen molar-refractivity contribution < 1.29 is 9.18 Å². The molecule has 2 heterocycles. The number of nitrogens with one attached hydrogen (secondary N) is 1. The average molecular weight is 435 g/mol. The minimum Gasteiger partial charge on any atom is -0.324 e. The van der Waals surface area contributed by atoms with E-state index in [-0.39, 0.29) is 11.7 Å². The average Bonchev–Trinajstić information content (AvgIpc) is 3.14. The molecule has 4 rings (SSSR count). The van der Waals surface area contributed by atoms with Crippen LogP contribution in [0.3, 0.4) is 0 Å². The third-order valence-corrected chi connectivity index (χ3v) is 6.04. The number of carbonyl (C=O) groups is 1. The number of halogens is 1. The maximum Gasteiger partial charge on any atom is 0.247 e. The van der Waals surface area contributed by atoms with Crippen molar-refractivity contribution in [2.24, 2.45) is 0 Å². The Bertz CT molecular complexity index is 1190. The highest BCUT2D eigenvalue weighted by Crippen LogP contribution is 2.31. The zero-order valence-electron chi connectivity index (χ0n) is 17.4. The van der Waals surface area contributed by atoms with Crippen molar-refractivity contribution in [3.8, 4) is 0 Å². The van der Waals surface area contributed by atoms with Crippen molar-refractivity contribution in [2.45, 2.75) is 37.2 Å². The van der Waals surface area contributed by atoms with Crippen LogP contribution in [-0.4, -0.2) is 20.4 Å². The number of pyridine rings is 1. The molecule has 0 aliphatic rings. The number of fused-ring (bicyclic) bond motifs is 1. The van der Waals surface area contributed by atoms with Gasteiger partial charge in [0.2, 0.25) is 5.91 Å². The lowest BCUT2D eigenvalue weighted by atomic mass is 10.2. The second-order valence-corrected chi connectivity index (χ2v) is 8.25. The van der Waals surface area contributed by atoms with Gasteiger partial charge in [-0.25, -0.2) is 14.4 Å². The summed E-state index contributed by atoms with van der Waals surface area (Å²) in [7, 11) is 0. The van der Waals surface area contributed by atoms with Crippen LogP contribution in [0.15, 0.2) is 72.0 Å². The molecule has 7 heteroatoms. The Kier molecular flexibility index (Phi) is 6.32. The van der Waals surface area contributed by atoms with Crippen molar-refractivity contribution in [3.05, 3.63) is 83.8 Å². The first-order chi connectivity index (χ1) is 15.0. The van der Waals surface area contributed by atoms with Crippen LogP contribution in [0.1, 0.15) is 30.5 Å². The van der Waals surface area contributed by atoms with E-state index in [1.54, 1.807) is 18.3 Å². The van der Waals surface area contributed by atoms with Crippen LogP contribution >= 0.6 is 11.8 Å². The summed E-state index contributed by atoms with van der Waals surface area (Å²) in [4.78, 5) is 22.4. The number of imidazole rings is 1. The van der Waals surface area contributed by atoms with E-state index in [0.29, 0.717) is 23.0 Å². The van der Waals surface area contributed by atoms with Crippen LogP contribution in [-0.2, 0) is 10.5 Å². The predicted molar refractivity (Wildman–Crippen MR) is 123 cm³/mol. The maximum atomic E-state index is 13.2. The maximum absolute atomic E-state index is 13.2. The first-order valence-electron chi connectivity index (χ1n) is 10.1. The second-order valence-electron chi connectivity index (χ2n) is 7.30. The molecule has 0 aliphatic carbocycles. The standard InChI is InChI=1S/C24H23FN4OS/c1-3-21(23(30)27-19-12-6-16(2)7-13-19)29-22-20(5-4-14-26-22)28-24(29)31-15-17-8-10-18(25)11-9-17/h4-14,21H,3,15H2,1-2H3,(H,27,30)/t21-/m0/s1. The van der Waals surface area contributed by atoms with E-state index in [0.717, 1.165) is 22.3 Å². The van der Waals surface area contributed by atoms with Gasteiger partial charge in [0.1, 0.15) is 17.4 Å². The van der Waals surface area contributed by atoms with Crippen molar-refractivity contribution >= 4 is 34.5 Å². The van der Waals surface area contributed by atoms with Crippen molar-refractivity contribution in [1.29, 1.82) is 0 Å². The Morgan fingerprint density at radius 1 is 1.13 bits per heavy atom. The zero-order valence-corrected chi connectivity index (χ0v) is 18.2. The van der Waals surface area contributed by atoms with Crippen LogP contribution in [0.4, 0.5) is 10.1 Å². The fourth-order valence-corrected chi connectivity index (χ4v) is 4.37. The molecule has 1 amide bonds. The number of anilines is 1. The molecule has 1 atom stereocenters. The molecule has 1 N–H and O–H groups in total. The minimum atomic E-state index is -0.461. The predicted octanol–water partition coefficient (Wildman–Crippen LogP) is 5.76. The monoisotopic (exact) mass is 434 g/mol. The van der Waals surface area contributed by atoms with Gasteiger partial charge in [-0.3, -0.25) is 9.36 Å². The summed E-state index contributed by atoms with van der Waals surface area (Å²) in [5.74, 6) is 0.239. The van der Waals surface area contributed by atoms with Crippen LogP contribution in [0, 0.1) is 12.7 Å². The van der Waals surface area contributed by atoms with Gasteiger partial charge in [0.25, 0.3) is 0 Å². The summed E-state index contributed by atoms with van der Waals surface area (Å²) >= 11 is 1.51. The fraction of sp³-hybridized carbons (Fsp3) is 0.208. The highest BCUT2D eigenvalue weighted by atomic mass is 32.2. The summed E-state index contributed by atoms with van der Waals surface area (Å²) < 4.78 is 15.1. The van der Waals surface area contributed by atoms with E-state index < -0.39 is 6.04 Å². The molecule has 0 spiro atoms. The summed E-state index contributed by atoms with van der Waals surface area (Å²) in [6.45, 7) is 3.98. The second kappa shape index (κ2) is 9.31. The van der Waals surface area contributed by atoms with Crippen LogP contribution in [0.5, 0.6) is 0 Å². The van der Waals surface area contributed by atoms with Crippen molar-refractivity contribution in [1.82, 2.24) is 14.5 Å². The lowest BCUT2D eigenvalue weighted by Crippen LogP contribution is -2.26. The molecular weight excluding hydrogens is 411 g/mol. The lowest BCUT2D eigenvalue weighted by Gasteiger charge is -2.19. The fourth-order valence-electron chi connectivity index (χ4n) is 3.37. The Hall–Kier alpha value is -3.19. The van der Waals surface area contributed by atoms with Gasteiger partial charge in [-0.15, -0.1) is 0 Å². The Balaban J connectivity index is 1.64. The molecule has 0 fully saturated rings. The van der Waals surface area contributed by atoms with Gasteiger partial charge in [-0.1, -0.05) is 48.5 Å². The van der Waals surface area contributed by atoms with Crippen molar-refractivity contribution in [2.75, 3.05) is 5.32 Å². The molecule has 0 saturated carbocycles. The third-order valence-electron chi connectivity index (χ3n) is 5.02. The number of rotatable bonds is 7.